The molecule has 0 radical (unpaired) electrons. The van der Waals surface area contributed by atoms with E-state index in [1.165, 1.54) is 25.3 Å². The van der Waals surface area contributed by atoms with Gasteiger partial charge in [0, 0.05) is 19.1 Å². The summed E-state index contributed by atoms with van der Waals surface area (Å²) in [5, 5.41) is 0. The Bertz CT molecular complexity index is 1100. The number of hydrogen-bond donors (Lipinski definition) is 1. The number of benzene rings is 2. The molecule has 0 aromatic heterocycles. The Balaban J connectivity index is 1.85. The molecule has 3 rings (SSSR count). The number of sulfonamides is 1. The molecule has 2 aromatic rings. The molecule has 8 nitrogen and oxygen atoms in total. The van der Waals surface area contributed by atoms with Crippen LogP contribution >= 0.6 is 0 Å². The molecule has 0 saturated carbocycles. The molecular weight excluding hydrogens is 456 g/mol. The van der Waals surface area contributed by atoms with Crippen LogP contribution in [-0.2, 0) is 10.0 Å². The summed E-state index contributed by atoms with van der Waals surface area (Å²) >= 11 is 0. The van der Waals surface area contributed by atoms with E-state index in [9.17, 15) is 13.2 Å². The molecule has 1 amide bonds. The highest BCUT2D eigenvalue weighted by molar-refractivity contribution is 7.89. The molecule has 0 bridgehead atoms. The van der Waals surface area contributed by atoms with Crippen LogP contribution in [-0.4, -0.2) is 52.6 Å². The van der Waals surface area contributed by atoms with Crippen molar-refractivity contribution in [2.45, 2.75) is 51.0 Å². The number of nitrogens with one attached hydrogen (secondary N) is 1. The minimum Gasteiger partial charge on any atom is -0.496 e. The van der Waals surface area contributed by atoms with Gasteiger partial charge in [0.25, 0.3) is 5.91 Å². The Labute approximate surface area is 202 Å². The highest BCUT2D eigenvalue weighted by Gasteiger charge is 2.26. The van der Waals surface area contributed by atoms with Crippen LogP contribution in [0.3, 0.4) is 0 Å². The molecule has 1 atom stereocenters. The van der Waals surface area contributed by atoms with E-state index in [4.69, 9.17) is 14.2 Å². The number of amides is 1. The molecular formula is C25H34N2O6S. The van der Waals surface area contributed by atoms with Gasteiger partial charge < -0.3 is 19.1 Å². The van der Waals surface area contributed by atoms with E-state index >= 15 is 0 Å². The van der Waals surface area contributed by atoms with Gasteiger partial charge >= 0.3 is 0 Å². The zero-order chi connectivity index (χ0) is 24.7. The van der Waals surface area contributed by atoms with E-state index in [0.29, 0.717) is 43.6 Å². The fraction of sp³-hybridized carbons (Fsp3) is 0.480. The van der Waals surface area contributed by atoms with Crippen LogP contribution in [0.2, 0.25) is 0 Å². The van der Waals surface area contributed by atoms with Gasteiger partial charge in [0.05, 0.1) is 30.8 Å². The molecule has 0 unspecified atom stereocenters. The smallest absolute Gasteiger partial charge is 0.257 e. The summed E-state index contributed by atoms with van der Waals surface area (Å²) in [5.74, 6) is 1.32. The highest BCUT2D eigenvalue weighted by atomic mass is 32.2. The molecule has 0 spiro atoms. The first-order valence-electron chi connectivity index (χ1n) is 11.7. The Hall–Kier alpha value is -2.78. The van der Waals surface area contributed by atoms with Crippen molar-refractivity contribution in [3.05, 3.63) is 47.5 Å². The second-order valence-corrected chi connectivity index (χ2v) is 9.84. The lowest BCUT2D eigenvalue weighted by Crippen LogP contribution is -2.36. The van der Waals surface area contributed by atoms with Gasteiger partial charge in [0.2, 0.25) is 10.0 Å². The standard InChI is InChI=1S/C25H34N2O6S/c1-5-32-23-12-10-19(16-24(23)33-6-2)18(3)26-34(29,30)20-11-13-22(31-4)21(17-20)25(28)27-14-8-7-9-15-27/h10-13,16-18,26H,5-9,14-15H2,1-4H3/t18-/m1/s1. The van der Waals surface area contributed by atoms with Crippen molar-refractivity contribution >= 4 is 15.9 Å². The van der Waals surface area contributed by atoms with Crippen LogP contribution in [0.1, 0.15) is 62.0 Å². The first kappa shape index (κ1) is 25.8. The summed E-state index contributed by atoms with van der Waals surface area (Å²) in [4.78, 5) is 14.9. The number of methoxy groups -OCH3 is 1. The van der Waals surface area contributed by atoms with Crippen LogP contribution in [0.4, 0.5) is 0 Å². The molecule has 0 aliphatic carbocycles. The van der Waals surface area contributed by atoms with Gasteiger partial charge in [-0.3, -0.25) is 4.79 Å². The molecule has 1 N–H and O–H groups in total. The van der Waals surface area contributed by atoms with Gasteiger partial charge in [0.15, 0.2) is 11.5 Å². The Morgan fingerprint density at radius 3 is 2.26 bits per heavy atom. The van der Waals surface area contributed by atoms with Crippen molar-refractivity contribution in [2.75, 3.05) is 33.4 Å². The molecule has 1 aliphatic heterocycles. The normalized spacial score (nSPS) is 15.0. The quantitative estimate of drug-likeness (QED) is 0.538. The zero-order valence-electron chi connectivity index (χ0n) is 20.3. The van der Waals surface area contributed by atoms with Crippen LogP contribution < -0.4 is 18.9 Å². The number of likely N-dealkylation sites (tertiary alicyclic amines) is 1. The maximum Gasteiger partial charge on any atom is 0.257 e. The topological polar surface area (TPSA) is 94.2 Å². The van der Waals surface area contributed by atoms with Crippen molar-refractivity contribution in [3.63, 3.8) is 0 Å². The van der Waals surface area contributed by atoms with Crippen LogP contribution in [0.15, 0.2) is 41.3 Å². The first-order valence-corrected chi connectivity index (χ1v) is 13.2. The van der Waals surface area contributed by atoms with Crippen LogP contribution in [0, 0.1) is 0 Å². The Kier molecular flexibility index (Phi) is 8.79. The molecule has 9 heteroatoms. The average molecular weight is 491 g/mol. The summed E-state index contributed by atoms with van der Waals surface area (Å²) in [6, 6.07) is 9.20. The summed E-state index contributed by atoms with van der Waals surface area (Å²) in [5.41, 5.74) is 0.980. The summed E-state index contributed by atoms with van der Waals surface area (Å²) in [6.07, 6.45) is 2.97. The zero-order valence-corrected chi connectivity index (χ0v) is 21.1. The van der Waals surface area contributed by atoms with Gasteiger partial charge in [-0.2, -0.15) is 0 Å². The predicted octanol–water partition coefficient (Wildman–Crippen LogP) is 4.16. The molecule has 1 fully saturated rings. The number of rotatable bonds is 10. The summed E-state index contributed by atoms with van der Waals surface area (Å²) in [7, 11) is -2.44. The van der Waals surface area contributed by atoms with Gasteiger partial charge in [-0.15, -0.1) is 0 Å². The second-order valence-electron chi connectivity index (χ2n) is 8.13. The summed E-state index contributed by atoms with van der Waals surface area (Å²) < 4.78 is 45.7. The lowest BCUT2D eigenvalue weighted by atomic mass is 10.1. The Morgan fingerprint density at radius 2 is 1.62 bits per heavy atom. The van der Waals surface area contributed by atoms with E-state index in [1.54, 1.807) is 30.0 Å². The number of carbonyl (C=O) groups is 1. The van der Waals surface area contributed by atoms with Gasteiger partial charge in [-0.05, 0) is 75.9 Å². The minimum absolute atomic E-state index is 0.0106. The second kappa shape index (κ2) is 11.6. The number of piperidine rings is 1. The molecule has 34 heavy (non-hydrogen) atoms. The molecule has 186 valence electrons. The lowest BCUT2D eigenvalue weighted by molar-refractivity contribution is 0.0720. The van der Waals surface area contributed by atoms with Crippen molar-refractivity contribution in [3.8, 4) is 17.2 Å². The van der Waals surface area contributed by atoms with Crippen molar-refractivity contribution in [1.29, 1.82) is 0 Å². The van der Waals surface area contributed by atoms with Crippen molar-refractivity contribution < 1.29 is 27.4 Å². The van der Waals surface area contributed by atoms with Crippen LogP contribution in [0.25, 0.3) is 0 Å². The number of nitrogens with zero attached hydrogens (tertiary/aromatic N) is 1. The third-order valence-corrected chi connectivity index (χ3v) is 7.29. The SMILES string of the molecule is CCOc1ccc([C@@H](C)NS(=O)(=O)c2ccc(OC)c(C(=O)N3CCCCC3)c2)cc1OCC. The van der Waals surface area contributed by atoms with Gasteiger partial charge in [-0.1, -0.05) is 6.07 Å². The molecule has 2 aromatic carbocycles. The fourth-order valence-electron chi connectivity index (χ4n) is 3.99. The number of carbonyl (C=O) groups excluding carboxylic acids is 1. The maximum absolute atomic E-state index is 13.2. The molecule has 1 aliphatic rings. The number of ether oxygens (including phenoxy) is 3. The third kappa shape index (κ3) is 6.01. The largest absolute Gasteiger partial charge is 0.496 e. The monoisotopic (exact) mass is 490 g/mol. The fourth-order valence-corrected chi connectivity index (χ4v) is 5.25. The van der Waals surface area contributed by atoms with E-state index in [2.05, 4.69) is 4.72 Å². The van der Waals surface area contributed by atoms with E-state index < -0.39 is 16.1 Å². The number of hydrogen-bond acceptors (Lipinski definition) is 6. The summed E-state index contributed by atoms with van der Waals surface area (Å²) in [6.45, 7) is 7.80. The minimum atomic E-state index is -3.91. The van der Waals surface area contributed by atoms with Gasteiger partial charge in [0.1, 0.15) is 5.75 Å². The van der Waals surface area contributed by atoms with Crippen LogP contribution in [0.5, 0.6) is 17.2 Å². The molecule has 1 heterocycles. The first-order chi connectivity index (χ1) is 16.3. The third-order valence-electron chi connectivity index (χ3n) is 5.75. The highest BCUT2D eigenvalue weighted by Crippen LogP contribution is 2.32. The van der Waals surface area contributed by atoms with E-state index in [1.807, 2.05) is 13.8 Å². The maximum atomic E-state index is 13.2. The molecule has 1 saturated heterocycles. The van der Waals surface area contributed by atoms with E-state index in [-0.39, 0.29) is 16.4 Å². The van der Waals surface area contributed by atoms with E-state index in [0.717, 1.165) is 24.8 Å². The average Bonchev–Trinajstić information content (AvgIpc) is 2.84. The van der Waals surface area contributed by atoms with Crippen molar-refractivity contribution in [2.24, 2.45) is 0 Å². The van der Waals surface area contributed by atoms with Crippen molar-refractivity contribution in [1.82, 2.24) is 9.62 Å². The predicted molar refractivity (Wildman–Crippen MR) is 130 cm³/mol. The lowest BCUT2D eigenvalue weighted by Gasteiger charge is -2.27. The van der Waals surface area contributed by atoms with Gasteiger partial charge in [-0.25, -0.2) is 13.1 Å². The Morgan fingerprint density at radius 1 is 0.971 bits per heavy atom.